The van der Waals surface area contributed by atoms with Crippen LogP contribution in [0.3, 0.4) is 0 Å². The van der Waals surface area contributed by atoms with Gasteiger partial charge in [0.15, 0.2) is 0 Å². The first-order chi connectivity index (χ1) is 8.89. The van der Waals surface area contributed by atoms with Crippen molar-refractivity contribution in [1.82, 2.24) is 5.32 Å². The molecule has 1 N–H and O–H groups in total. The van der Waals surface area contributed by atoms with Crippen LogP contribution in [0.4, 0.5) is 4.39 Å². The number of benzene rings is 1. The van der Waals surface area contributed by atoms with E-state index in [1.807, 2.05) is 0 Å². The van der Waals surface area contributed by atoms with Gasteiger partial charge in [0.25, 0.3) is 0 Å². The fraction of sp³-hybridized carbons (Fsp3) is 0.533. The van der Waals surface area contributed by atoms with Crippen molar-refractivity contribution in [3.8, 4) is 0 Å². The van der Waals surface area contributed by atoms with Crippen LogP contribution < -0.4 is 5.32 Å². The highest BCUT2D eigenvalue weighted by Crippen LogP contribution is 2.18. The molecule has 0 spiro atoms. The zero-order valence-electron chi connectivity index (χ0n) is 12.0. The molecule has 19 heavy (non-hydrogen) atoms. The van der Waals surface area contributed by atoms with Crippen LogP contribution in [0, 0.1) is 11.2 Å². The van der Waals surface area contributed by atoms with Crippen molar-refractivity contribution in [1.29, 1.82) is 0 Å². The lowest BCUT2D eigenvalue weighted by molar-refractivity contribution is 0.0595. The molecule has 0 aliphatic rings. The highest BCUT2D eigenvalue weighted by molar-refractivity contribution is 5.89. The van der Waals surface area contributed by atoms with E-state index in [-0.39, 0.29) is 11.0 Å². The Kier molecular flexibility index (Phi) is 5.48. The van der Waals surface area contributed by atoms with Crippen LogP contribution in [0.2, 0.25) is 0 Å². The number of esters is 1. The summed E-state index contributed by atoms with van der Waals surface area (Å²) in [4.78, 5) is 11.3. The summed E-state index contributed by atoms with van der Waals surface area (Å²) >= 11 is 0. The van der Waals surface area contributed by atoms with Gasteiger partial charge in [-0.1, -0.05) is 26.8 Å². The van der Waals surface area contributed by atoms with Gasteiger partial charge in [0.2, 0.25) is 0 Å². The highest BCUT2D eigenvalue weighted by atomic mass is 19.1. The van der Waals surface area contributed by atoms with Crippen LogP contribution in [0.15, 0.2) is 18.2 Å². The quantitative estimate of drug-likeness (QED) is 0.805. The van der Waals surface area contributed by atoms with E-state index in [0.717, 1.165) is 18.5 Å². The van der Waals surface area contributed by atoms with Crippen LogP contribution in [0.1, 0.15) is 43.1 Å². The Bertz CT molecular complexity index is 444. The summed E-state index contributed by atoms with van der Waals surface area (Å²) in [6.07, 6.45) is 1.08. The Hall–Kier alpha value is -1.42. The predicted octanol–water partition coefficient (Wildman–Crippen LogP) is 3.14. The third-order valence-electron chi connectivity index (χ3n) is 3.33. The third kappa shape index (κ3) is 4.63. The van der Waals surface area contributed by atoms with Crippen LogP contribution in [0.25, 0.3) is 0 Å². The van der Waals surface area contributed by atoms with Crippen molar-refractivity contribution in [3.05, 3.63) is 35.1 Å². The van der Waals surface area contributed by atoms with Crippen molar-refractivity contribution in [3.63, 3.8) is 0 Å². The maximum absolute atomic E-state index is 13.7. The van der Waals surface area contributed by atoms with Gasteiger partial charge in [0.1, 0.15) is 5.82 Å². The number of hydrogen-bond donors (Lipinski definition) is 1. The Morgan fingerprint density at radius 2 is 2.11 bits per heavy atom. The molecule has 4 heteroatoms. The Morgan fingerprint density at radius 3 is 2.63 bits per heavy atom. The van der Waals surface area contributed by atoms with Gasteiger partial charge < -0.3 is 10.1 Å². The van der Waals surface area contributed by atoms with E-state index in [4.69, 9.17) is 0 Å². The molecule has 0 unspecified atom stereocenters. The van der Waals surface area contributed by atoms with Gasteiger partial charge in [-0.25, -0.2) is 9.18 Å². The van der Waals surface area contributed by atoms with Crippen molar-refractivity contribution in [2.24, 2.45) is 5.41 Å². The molecule has 0 aliphatic carbocycles. The number of rotatable bonds is 6. The maximum atomic E-state index is 13.7. The number of carbonyl (C=O) groups excluding carboxylic acids is 1. The van der Waals surface area contributed by atoms with Gasteiger partial charge in [-0.3, -0.25) is 0 Å². The fourth-order valence-corrected chi connectivity index (χ4v) is 1.61. The largest absolute Gasteiger partial charge is 0.465 e. The maximum Gasteiger partial charge on any atom is 0.340 e. The van der Waals surface area contributed by atoms with Crippen LogP contribution in [0.5, 0.6) is 0 Å². The number of ether oxygens (including phenoxy) is 1. The standard InChI is InChI=1S/C15H22FNO2/c1-5-15(2,3)10-17-9-11-6-7-12(13(16)8-11)14(18)19-4/h6-8,17H,5,9-10H2,1-4H3. The lowest BCUT2D eigenvalue weighted by Crippen LogP contribution is -2.28. The third-order valence-corrected chi connectivity index (χ3v) is 3.33. The van der Waals surface area contributed by atoms with Gasteiger partial charge in [-0.15, -0.1) is 0 Å². The average molecular weight is 267 g/mol. The molecule has 3 nitrogen and oxygen atoms in total. The SMILES string of the molecule is CCC(C)(C)CNCc1ccc(C(=O)OC)c(F)c1. The monoisotopic (exact) mass is 267 g/mol. The first-order valence-electron chi connectivity index (χ1n) is 6.47. The van der Waals surface area contributed by atoms with Gasteiger partial charge in [-0.2, -0.15) is 0 Å². The van der Waals surface area contributed by atoms with Gasteiger partial charge >= 0.3 is 5.97 Å². The lowest BCUT2D eigenvalue weighted by atomic mass is 9.90. The summed E-state index contributed by atoms with van der Waals surface area (Å²) in [5, 5.41) is 3.30. The molecule has 1 rings (SSSR count). The van der Waals surface area contributed by atoms with Crippen molar-refractivity contribution in [2.45, 2.75) is 33.7 Å². The van der Waals surface area contributed by atoms with Gasteiger partial charge in [0, 0.05) is 13.1 Å². The molecule has 0 amide bonds. The average Bonchev–Trinajstić information content (AvgIpc) is 2.38. The Labute approximate surface area is 114 Å². The second-order valence-corrected chi connectivity index (χ2v) is 5.43. The van der Waals surface area contributed by atoms with Crippen molar-refractivity contribution >= 4 is 5.97 Å². The molecule has 106 valence electrons. The molecule has 0 aliphatic heterocycles. The fourth-order valence-electron chi connectivity index (χ4n) is 1.61. The second-order valence-electron chi connectivity index (χ2n) is 5.43. The van der Waals surface area contributed by atoms with E-state index in [9.17, 15) is 9.18 Å². The van der Waals surface area contributed by atoms with Crippen LogP contribution in [-0.4, -0.2) is 19.6 Å². The molecule has 1 aromatic rings. The summed E-state index contributed by atoms with van der Waals surface area (Å²) in [7, 11) is 1.24. The normalized spacial score (nSPS) is 11.4. The van der Waals surface area contributed by atoms with Crippen molar-refractivity contribution in [2.75, 3.05) is 13.7 Å². The van der Waals surface area contributed by atoms with Gasteiger partial charge in [0.05, 0.1) is 12.7 Å². The molecular formula is C15H22FNO2. The molecule has 1 aromatic carbocycles. The molecule has 0 saturated carbocycles. The number of halogens is 1. The Balaban J connectivity index is 2.62. The van der Waals surface area contributed by atoms with E-state index in [0.29, 0.717) is 6.54 Å². The summed E-state index contributed by atoms with van der Waals surface area (Å²) in [5.74, 6) is -1.19. The first-order valence-corrected chi connectivity index (χ1v) is 6.47. The summed E-state index contributed by atoms with van der Waals surface area (Å²) in [5.41, 5.74) is 1.02. The highest BCUT2D eigenvalue weighted by Gasteiger charge is 2.15. The molecule has 0 aromatic heterocycles. The Morgan fingerprint density at radius 1 is 1.42 bits per heavy atom. The number of hydrogen-bond acceptors (Lipinski definition) is 3. The zero-order valence-corrected chi connectivity index (χ0v) is 12.0. The van der Waals surface area contributed by atoms with E-state index >= 15 is 0 Å². The summed E-state index contributed by atoms with van der Waals surface area (Å²) < 4.78 is 18.2. The molecule has 0 bridgehead atoms. The van der Waals surface area contributed by atoms with Gasteiger partial charge in [-0.05, 0) is 29.5 Å². The zero-order chi connectivity index (χ0) is 14.5. The van der Waals surface area contributed by atoms with E-state index in [2.05, 4.69) is 30.8 Å². The minimum absolute atomic E-state index is 0.0276. The summed E-state index contributed by atoms with van der Waals surface area (Å²) in [6, 6.07) is 4.57. The molecule has 0 atom stereocenters. The number of nitrogens with one attached hydrogen (secondary N) is 1. The molecule has 0 fully saturated rings. The second kappa shape index (κ2) is 6.66. The molecule has 0 saturated heterocycles. The smallest absolute Gasteiger partial charge is 0.340 e. The molecular weight excluding hydrogens is 245 g/mol. The minimum atomic E-state index is -0.649. The topological polar surface area (TPSA) is 38.3 Å². The molecule has 0 heterocycles. The lowest BCUT2D eigenvalue weighted by Gasteiger charge is -2.23. The predicted molar refractivity (Wildman–Crippen MR) is 73.5 cm³/mol. The molecule has 0 radical (unpaired) electrons. The van der Waals surface area contributed by atoms with E-state index < -0.39 is 11.8 Å². The minimum Gasteiger partial charge on any atom is -0.465 e. The van der Waals surface area contributed by atoms with Crippen LogP contribution in [-0.2, 0) is 11.3 Å². The van der Waals surface area contributed by atoms with Crippen LogP contribution >= 0.6 is 0 Å². The van der Waals surface area contributed by atoms with E-state index in [1.165, 1.54) is 19.2 Å². The number of methoxy groups -OCH3 is 1. The summed E-state index contributed by atoms with van der Waals surface area (Å²) in [6.45, 7) is 7.96. The first kappa shape index (κ1) is 15.6. The van der Waals surface area contributed by atoms with Crippen molar-refractivity contribution < 1.29 is 13.9 Å². The van der Waals surface area contributed by atoms with E-state index in [1.54, 1.807) is 6.07 Å². The number of carbonyl (C=O) groups is 1.